The van der Waals surface area contributed by atoms with Crippen molar-refractivity contribution in [3.63, 3.8) is 0 Å². The van der Waals surface area contributed by atoms with Gasteiger partial charge in [0.05, 0.1) is 0 Å². The highest BCUT2D eigenvalue weighted by Crippen LogP contribution is 2.23. The largest absolute Gasteiger partial charge is 0.298 e. The lowest BCUT2D eigenvalue weighted by Crippen LogP contribution is -2.34. The molecule has 1 aliphatic heterocycles. The van der Waals surface area contributed by atoms with Crippen LogP contribution in [0.3, 0.4) is 0 Å². The van der Waals surface area contributed by atoms with Crippen LogP contribution in [0.4, 0.5) is 8.78 Å². The Hall–Kier alpha value is -2.66. The molecule has 0 unspecified atom stereocenters. The highest BCUT2D eigenvalue weighted by Gasteiger charge is 2.24. The fraction of sp³-hybridized carbons (Fsp3) is 0.158. The highest BCUT2D eigenvalue weighted by molar-refractivity contribution is 6.14. The van der Waals surface area contributed by atoms with Gasteiger partial charge in [-0.05, 0) is 43.0 Å². The Morgan fingerprint density at radius 3 is 2.33 bits per heavy atom. The molecule has 0 atom stereocenters. The molecule has 0 saturated carbocycles. The summed E-state index contributed by atoms with van der Waals surface area (Å²) in [5.74, 6) is -1.55. The zero-order chi connectivity index (χ0) is 17.1. The van der Waals surface area contributed by atoms with Gasteiger partial charge in [0.15, 0.2) is 5.78 Å². The number of ketones is 1. The standard InChI is InChI=1S/C19H16F2N2O/c1-23-11-14(8-13-4-3-7-22-10-13)19(24)15(12-23)9-16-17(20)5-2-6-18(16)21/h2-10H,11-12H2,1H3/b14-8+,15-9+. The predicted molar refractivity (Wildman–Crippen MR) is 89.1 cm³/mol. The fourth-order valence-corrected chi connectivity index (χ4v) is 2.70. The van der Waals surface area contributed by atoms with Crippen LogP contribution >= 0.6 is 0 Å². The van der Waals surface area contributed by atoms with Gasteiger partial charge in [0.2, 0.25) is 0 Å². The summed E-state index contributed by atoms with van der Waals surface area (Å²) in [6.07, 6.45) is 6.38. The van der Waals surface area contributed by atoms with E-state index in [2.05, 4.69) is 4.98 Å². The Kier molecular flexibility index (Phi) is 4.62. The van der Waals surface area contributed by atoms with E-state index >= 15 is 0 Å². The maximum absolute atomic E-state index is 13.8. The Labute approximate surface area is 138 Å². The van der Waals surface area contributed by atoms with Gasteiger partial charge >= 0.3 is 0 Å². The summed E-state index contributed by atoms with van der Waals surface area (Å²) in [6, 6.07) is 7.30. The van der Waals surface area contributed by atoms with Crippen LogP contribution in [0.15, 0.2) is 53.9 Å². The Bertz CT molecular complexity index is 808. The monoisotopic (exact) mass is 326 g/mol. The number of pyridine rings is 1. The molecule has 0 radical (unpaired) electrons. The second-order valence-corrected chi connectivity index (χ2v) is 5.76. The minimum Gasteiger partial charge on any atom is -0.298 e. The van der Waals surface area contributed by atoms with E-state index < -0.39 is 11.6 Å². The van der Waals surface area contributed by atoms with Gasteiger partial charge in [-0.3, -0.25) is 14.7 Å². The van der Waals surface area contributed by atoms with Gasteiger partial charge in [-0.2, -0.15) is 0 Å². The molecule has 1 aromatic carbocycles. The van der Waals surface area contributed by atoms with Crippen molar-refractivity contribution < 1.29 is 13.6 Å². The van der Waals surface area contributed by atoms with Crippen LogP contribution in [0.5, 0.6) is 0 Å². The summed E-state index contributed by atoms with van der Waals surface area (Å²) in [7, 11) is 1.86. The van der Waals surface area contributed by atoms with Crippen molar-refractivity contribution in [3.05, 3.63) is 76.6 Å². The quantitative estimate of drug-likeness (QED) is 0.794. The van der Waals surface area contributed by atoms with Crippen LogP contribution in [0, 0.1) is 11.6 Å². The lowest BCUT2D eigenvalue weighted by molar-refractivity contribution is -0.113. The Morgan fingerprint density at radius 1 is 1.04 bits per heavy atom. The predicted octanol–water partition coefficient (Wildman–Crippen LogP) is 3.34. The number of likely N-dealkylation sites (tertiary alicyclic amines) is 1. The first-order chi connectivity index (χ1) is 11.5. The van der Waals surface area contributed by atoms with Gasteiger partial charge < -0.3 is 0 Å². The van der Waals surface area contributed by atoms with Crippen molar-refractivity contribution in [2.75, 3.05) is 20.1 Å². The summed E-state index contributed by atoms with van der Waals surface area (Å²) in [5, 5.41) is 0. The summed E-state index contributed by atoms with van der Waals surface area (Å²) in [4.78, 5) is 18.6. The molecule has 2 aromatic rings. The normalized spacial score (nSPS) is 19.2. The number of rotatable bonds is 2. The summed E-state index contributed by atoms with van der Waals surface area (Å²) in [5.41, 5.74) is 1.56. The average molecular weight is 326 g/mol. The molecule has 122 valence electrons. The van der Waals surface area contributed by atoms with Crippen molar-refractivity contribution in [2.45, 2.75) is 0 Å². The van der Waals surface area contributed by atoms with Crippen LogP contribution in [-0.4, -0.2) is 35.8 Å². The first kappa shape index (κ1) is 16.2. The average Bonchev–Trinajstić information content (AvgIpc) is 2.56. The smallest absolute Gasteiger partial charge is 0.187 e. The van der Waals surface area contributed by atoms with Crippen LogP contribution in [0.2, 0.25) is 0 Å². The van der Waals surface area contributed by atoms with E-state index in [1.807, 2.05) is 18.0 Å². The summed E-state index contributed by atoms with van der Waals surface area (Å²) < 4.78 is 27.7. The molecule has 1 aliphatic rings. The van der Waals surface area contributed by atoms with Crippen LogP contribution in [-0.2, 0) is 4.79 Å². The molecule has 2 heterocycles. The molecule has 0 N–H and O–H groups in total. The third kappa shape index (κ3) is 3.46. The molecule has 1 saturated heterocycles. The van der Waals surface area contributed by atoms with Crippen molar-refractivity contribution in [1.29, 1.82) is 0 Å². The van der Waals surface area contributed by atoms with Crippen LogP contribution in [0.1, 0.15) is 11.1 Å². The van der Waals surface area contributed by atoms with Crippen molar-refractivity contribution in [1.82, 2.24) is 9.88 Å². The maximum Gasteiger partial charge on any atom is 0.187 e. The number of Topliss-reactive ketones (excluding diaryl/α,β-unsaturated/α-hetero) is 1. The zero-order valence-corrected chi connectivity index (χ0v) is 13.2. The number of hydrogen-bond donors (Lipinski definition) is 0. The number of benzene rings is 1. The SMILES string of the molecule is CN1C/C(=C\c2cccnc2)C(=O)/C(=C/c2c(F)cccc2F)C1. The van der Waals surface area contributed by atoms with Crippen LogP contribution in [0.25, 0.3) is 12.2 Å². The number of aromatic nitrogens is 1. The number of hydrogen-bond acceptors (Lipinski definition) is 3. The molecule has 0 amide bonds. The molecular weight excluding hydrogens is 310 g/mol. The van der Waals surface area contributed by atoms with E-state index in [4.69, 9.17) is 0 Å². The van der Waals surface area contributed by atoms with E-state index in [-0.39, 0.29) is 11.3 Å². The summed E-state index contributed by atoms with van der Waals surface area (Å²) >= 11 is 0. The molecule has 1 aromatic heterocycles. The van der Waals surface area contributed by atoms with E-state index in [1.165, 1.54) is 24.3 Å². The third-order valence-electron chi connectivity index (χ3n) is 3.81. The van der Waals surface area contributed by atoms with Crippen molar-refractivity contribution in [2.24, 2.45) is 0 Å². The van der Waals surface area contributed by atoms with E-state index in [0.29, 0.717) is 24.2 Å². The van der Waals surface area contributed by atoms with Gasteiger partial charge in [-0.1, -0.05) is 12.1 Å². The highest BCUT2D eigenvalue weighted by atomic mass is 19.1. The van der Waals surface area contributed by atoms with Crippen LogP contribution < -0.4 is 0 Å². The molecule has 0 aliphatic carbocycles. The fourth-order valence-electron chi connectivity index (χ4n) is 2.70. The van der Waals surface area contributed by atoms with Crippen molar-refractivity contribution >= 4 is 17.9 Å². The van der Waals surface area contributed by atoms with E-state index in [1.54, 1.807) is 24.5 Å². The van der Waals surface area contributed by atoms with Gasteiger partial charge in [0.25, 0.3) is 0 Å². The lowest BCUT2D eigenvalue weighted by atomic mass is 9.94. The van der Waals surface area contributed by atoms with Crippen molar-refractivity contribution in [3.8, 4) is 0 Å². The first-order valence-corrected chi connectivity index (χ1v) is 7.53. The third-order valence-corrected chi connectivity index (χ3v) is 3.81. The van der Waals surface area contributed by atoms with Gasteiger partial charge in [-0.15, -0.1) is 0 Å². The topological polar surface area (TPSA) is 33.2 Å². The Balaban J connectivity index is 1.99. The van der Waals surface area contributed by atoms with Gasteiger partial charge in [-0.25, -0.2) is 8.78 Å². The number of carbonyl (C=O) groups excluding carboxylic acids is 1. The molecule has 3 nitrogen and oxygen atoms in total. The van der Waals surface area contributed by atoms with E-state index in [0.717, 1.165) is 5.56 Å². The molecule has 0 bridgehead atoms. The number of nitrogens with zero attached hydrogens (tertiary/aromatic N) is 2. The number of halogens is 2. The lowest BCUT2D eigenvalue weighted by Gasteiger charge is -2.26. The van der Waals surface area contributed by atoms with Gasteiger partial charge in [0.1, 0.15) is 11.6 Å². The molecular formula is C19H16F2N2O. The molecule has 0 spiro atoms. The summed E-state index contributed by atoms with van der Waals surface area (Å²) in [6.45, 7) is 0.821. The van der Waals surface area contributed by atoms with E-state index in [9.17, 15) is 13.6 Å². The molecule has 5 heteroatoms. The zero-order valence-electron chi connectivity index (χ0n) is 13.2. The Morgan fingerprint density at radius 2 is 1.71 bits per heavy atom. The van der Waals surface area contributed by atoms with Gasteiger partial charge in [0, 0.05) is 42.2 Å². The first-order valence-electron chi connectivity index (χ1n) is 7.53. The second-order valence-electron chi connectivity index (χ2n) is 5.76. The molecule has 3 rings (SSSR count). The second kappa shape index (κ2) is 6.84. The number of likely N-dealkylation sites (N-methyl/N-ethyl adjacent to an activating group) is 1. The molecule has 1 fully saturated rings. The minimum atomic E-state index is -0.679. The number of piperidine rings is 1. The minimum absolute atomic E-state index is 0.183. The maximum atomic E-state index is 13.8. The number of carbonyl (C=O) groups is 1. The molecule has 24 heavy (non-hydrogen) atoms.